The third kappa shape index (κ3) is 5.44. The topological polar surface area (TPSA) is 80.3 Å². The summed E-state index contributed by atoms with van der Waals surface area (Å²) in [5.74, 6) is 0.485. The largest absolute Gasteiger partial charge is 0.386 e. The van der Waals surface area contributed by atoms with Crippen LogP contribution in [0.5, 0.6) is 0 Å². The smallest absolute Gasteiger partial charge is 0.260 e. The number of pyridine rings is 1. The zero-order valence-corrected chi connectivity index (χ0v) is 13.0. The minimum absolute atomic E-state index is 0.0191. The summed E-state index contributed by atoms with van der Waals surface area (Å²) in [6, 6.07) is 3.36. The van der Waals surface area contributed by atoms with Gasteiger partial charge in [0.2, 0.25) is 0 Å². The summed E-state index contributed by atoms with van der Waals surface area (Å²) in [5.41, 5.74) is 0.482. The fourth-order valence-electron chi connectivity index (χ4n) is 1.56. The molecule has 0 aliphatic rings. The van der Waals surface area contributed by atoms with Crippen molar-refractivity contribution in [1.29, 1.82) is 0 Å². The van der Waals surface area contributed by atoms with E-state index in [-0.39, 0.29) is 5.03 Å². The quantitative estimate of drug-likeness (QED) is 0.675. The van der Waals surface area contributed by atoms with Gasteiger partial charge in [-0.2, -0.15) is 0 Å². The van der Waals surface area contributed by atoms with Crippen LogP contribution in [0.4, 0.5) is 5.69 Å². The Balaban J connectivity index is 2.46. The molecule has 6 nitrogen and oxygen atoms in total. The summed E-state index contributed by atoms with van der Waals surface area (Å²) >= 11 is 0. The molecule has 0 saturated carbocycles. The lowest BCUT2D eigenvalue weighted by atomic mass is 10.2. The minimum atomic E-state index is -3.59. The van der Waals surface area contributed by atoms with Gasteiger partial charge in [-0.3, -0.25) is 0 Å². The molecular formula is C13H23N3O3S. The molecule has 0 amide bonds. The first-order valence-electron chi connectivity index (χ1n) is 6.67. The van der Waals surface area contributed by atoms with E-state index in [9.17, 15) is 8.42 Å². The normalized spacial score (nSPS) is 11.8. The summed E-state index contributed by atoms with van der Waals surface area (Å²) in [6.45, 7) is 5.71. The zero-order chi connectivity index (χ0) is 15.0. The van der Waals surface area contributed by atoms with E-state index >= 15 is 0 Å². The van der Waals surface area contributed by atoms with Gasteiger partial charge in [0.1, 0.15) is 0 Å². The van der Waals surface area contributed by atoms with E-state index < -0.39 is 10.0 Å². The van der Waals surface area contributed by atoms with E-state index in [1.807, 2.05) is 0 Å². The predicted molar refractivity (Wildman–Crippen MR) is 79.2 cm³/mol. The Kier molecular flexibility index (Phi) is 6.90. The summed E-state index contributed by atoms with van der Waals surface area (Å²) in [4.78, 5) is 3.92. The molecule has 114 valence electrons. The first kappa shape index (κ1) is 16.9. The maximum Gasteiger partial charge on any atom is 0.260 e. The maximum atomic E-state index is 12.1. The van der Waals surface area contributed by atoms with E-state index in [1.165, 1.54) is 6.20 Å². The van der Waals surface area contributed by atoms with Crippen molar-refractivity contribution in [2.45, 2.75) is 25.3 Å². The van der Waals surface area contributed by atoms with Gasteiger partial charge in [0.05, 0.1) is 5.69 Å². The minimum Gasteiger partial charge on any atom is -0.386 e. The molecular weight excluding hydrogens is 278 g/mol. The molecule has 0 aromatic carbocycles. The van der Waals surface area contributed by atoms with E-state index in [0.29, 0.717) is 37.8 Å². The van der Waals surface area contributed by atoms with E-state index in [4.69, 9.17) is 4.74 Å². The molecule has 0 fully saturated rings. The Morgan fingerprint density at radius 2 is 2.15 bits per heavy atom. The standard InChI is InChI=1S/C13H23N3O3S/c1-11(2)10-19-9-5-8-16-20(17,18)13-12(14-3)6-4-7-15-13/h4,6-7,11,14,16H,5,8-10H2,1-3H3. The van der Waals surface area contributed by atoms with Crippen molar-refractivity contribution >= 4 is 15.7 Å². The average Bonchev–Trinajstić information content (AvgIpc) is 2.42. The number of anilines is 1. The van der Waals surface area contributed by atoms with Gasteiger partial charge in [0.15, 0.2) is 5.03 Å². The second-order valence-corrected chi connectivity index (χ2v) is 6.51. The molecule has 0 radical (unpaired) electrons. The number of ether oxygens (including phenoxy) is 1. The second kappa shape index (κ2) is 8.18. The van der Waals surface area contributed by atoms with Crippen molar-refractivity contribution < 1.29 is 13.2 Å². The van der Waals surface area contributed by atoms with Gasteiger partial charge < -0.3 is 10.1 Å². The molecule has 1 aromatic heterocycles. The number of sulfonamides is 1. The van der Waals surface area contributed by atoms with Crippen molar-refractivity contribution in [2.75, 3.05) is 32.1 Å². The fraction of sp³-hybridized carbons (Fsp3) is 0.615. The predicted octanol–water partition coefficient (Wildman–Crippen LogP) is 1.46. The summed E-state index contributed by atoms with van der Waals surface area (Å²) in [6.07, 6.45) is 2.09. The molecule has 0 spiro atoms. The van der Waals surface area contributed by atoms with Gasteiger partial charge in [0.25, 0.3) is 10.0 Å². The Morgan fingerprint density at radius 1 is 1.40 bits per heavy atom. The van der Waals surface area contributed by atoms with Crippen molar-refractivity contribution in [2.24, 2.45) is 5.92 Å². The van der Waals surface area contributed by atoms with Crippen molar-refractivity contribution in [1.82, 2.24) is 9.71 Å². The molecule has 0 saturated heterocycles. The molecule has 1 heterocycles. The second-order valence-electron chi connectivity index (χ2n) is 4.83. The Labute approximate surface area is 121 Å². The van der Waals surface area contributed by atoms with E-state index in [0.717, 1.165) is 0 Å². The van der Waals surface area contributed by atoms with Crippen molar-refractivity contribution in [3.05, 3.63) is 18.3 Å². The van der Waals surface area contributed by atoms with Crippen LogP contribution < -0.4 is 10.0 Å². The van der Waals surface area contributed by atoms with Crippen molar-refractivity contribution in [3.8, 4) is 0 Å². The van der Waals surface area contributed by atoms with E-state index in [1.54, 1.807) is 19.2 Å². The Bertz CT molecular complexity index is 503. The average molecular weight is 301 g/mol. The van der Waals surface area contributed by atoms with Crippen LogP contribution in [0, 0.1) is 5.92 Å². The highest BCUT2D eigenvalue weighted by Crippen LogP contribution is 2.16. The lowest BCUT2D eigenvalue weighted by molar-refractivity contribution is 0.108. The molecule has 0 unspecified atom stereocenters. The Hall–Kier alpha value is -1.18. The third-order valence-electron chi connectivity index (χ3n) is 2.50. The highest BCUT2D eigenvalue weighted by molar-refractivity contribution is 7.89. The number of hydrogen-bond donors (Lipinski definition) is 2. The molecule has 2 N–H and O–H groups in total. The van der Waals surface area contributed by atoms with Crippen LogP contribution >= 0.6 is 0 Å². The van der Waals surface area contributed by atoms with Crippen LogP contribution in [0.25, 0.3) is 0 Å². The van der Waals surface area contributed by atoms with Crippen LogP contribution in [0.2, 0.25) is 0 Å². The molecule has 7 heteroatoms. The van der Waals surface area contributed by atoms with Gasteiger partial charge in [0, 0.05) is 33.0 Å². The first-order chi connectivity index (χ1) is 9.47. The lowest BCUT2D eigenvalue weighted by Crippen LogP contribution is -2.27. The molecule has 0 aliphatic carbocycles. The monoisotopic (exact) mass is 301 g/mol. The highest BCUT2D eigenvalue weighted by atomic mass is 32.2. The number of nitrogens with zero attached hydrogens (tertiary/aromatic N) is 1. The zero-order valence-electron chi connectivity index (χ0n) is 12.2. The molecule has 0 bridgehead atoms. The lowest BCUT2D eigenvalue weighted by Gasteiger charge is -2.10. The summed E-state index contributed by atoms with van der Waals surface area (Å²) in [5, 5.41) is 2.84. The van der Waals surface area contributed by atoms with Gasteiger partial charge in [-0.05, 0) is 24.5 Å². The summed E-state index contributed by atoms with van der Waals surface area (Å²) in [7, 11) is -1.92. The molecule has 20 heavy (non-hydrogen) atoms. The number of rotatable bonds is 9. The number of nitrogens with one attached hydrogen (secondary N) is 2. The van der Waals surface area contributed by atoms with Gasteiger partial charge >= 0.3 is 0 Å². The molecule has 1 rings (SSSR count). The number of aromatic nitrogens is 1. The van der Waals surface area contributed by atoms with Gasteiger partial charge in [-0.25, -0.2) is 18.1 Å². The molecule has 1 aromatic rings. The third-order valence-corrected chi connectivity index (χ3v) is 3.92. The van der Waals surface area contributed by atoms with Crippen LogP contribution in [0.3, 0.4) is 0 Å². The van der Waals surface area contributed by atoms with Crippen molar-refractivity contribution in [3.63, 3.8) is 0 Å². The van der Waals surface area contributed by atoms with Gasteiger partial charge in [-0.15, -0.1) is 0 Å². The van der Waals surface area contributed by atoms with Crippen LogP contribution in [-0.2, 0) is 14.8 Å². The van der Waals surface area contributed by atoms with Crippen LogP contribution in [0.1, 0.15) is 20.3 Å². The highest BCUT2D eigenvalue weighted by Gasteiger charge is 2.18. The Morgan fingerprint density at radius 3 is 2.80 bits per heavy atom. The van der Waals surface area contributed by atoms with Gasteiger partial charge in [-0.1, -0.05) is 13.8 Å². The maximum absolute atomic E-state index is 12.1. The molecule has 0 aliphatic heterocycles. The van der Waals surface area contributed by atoms with E-state index in [2.05, 4.69) is 28.9 Å². The number of hydrogen-bond acceptors (Lipinski definition) is 5. The van der Waals surface area contributed by atoms with Crippen LogP contribution in [0.15, 0.2) is 23.4 Å². The fourth-order valence-corrected chi connectivity index (χ4v) is 2.77. The molecule has 0 atom stereocenters. The summed E-state index contributed by atoms with van der Waals surface area (Å²) < 4.78 is 32.1. The van der Waals surface area contributed by atoms with Crippen LogP contribution in [-0.4, -0.2) is 40.2 Å². The SMILES string of the molecule is CNc1cccnc1S(=O)(=O)NCCCOCC(C)C. The first-order valence-corrected chi connectivity index (χ1v) is 8.16.